The lowest BCUT2D eigenvalue weighted by molar-refractivity contribution is 0.0655. The predicted molar refractivity (Wildman–Crippen MR) is 148 cm³/mol. The normalized spacial score (nSPS) is 22.5. The number of carbonyl (C=O) groups excluding carboxylic acids is 2. The van der Waals surface area contributed by atoms with Gasteiger partial charge in [0.25, 0.3) is 5.91 Å². The third-order valence-electron chi connectivity index (χ3n) is 8.26. The number of ether oxygens (including phenoxy) is 1. The maximum Gasteiger partial charge on any atom is 0.320 e. The van der Waals surface area contributed by atoms with Crippen molar-refractivity contribution in [1.29, 1.82) is 0 Å². The molecule has 0 spiro atoms. The Morgan fingerprint density at radius 3 is 2.49 bits per heavy atom. The first-order chi connectivity index (χ1) is 18.0. The molecule has 37 heavy (non-hydrogen) atoms. The van der Waals surface area contributed by atoms with Gasteiger partial charge in [0.2, 0.25) is 0 Å². The van der Waals surface area contributed by atoms with Crippen molar-refractivity contribution in [3.8, 4) is 10.4 Å². The standard InChI is InChI=1S/C29H40N4O3S/c1-3-21-4-6-23(7-5-21)26-8-9-27(37-26)28(34)31(2)25-11-15-33(20-25)29(35)32-14-10-24(19-32)30-18-22-12-16-36-17-13-22/h4-9,22,24-25,30H,3,10-20H2,1-2H3/t24-,25+/m1/s1. The summed E-state index contributed by atoms with van der Waals surface area (Å²) < 4.78 is 5.46. The second kappa shape index (κ2) is 12.0. The molecule has 3 saturated heterocycles. The molecule has 3 fully saturated rings. The van der Waals surface area contributed by atoms with Crippen LogP contribution >= 0.6 is 11.3 Å². The van der Waals surface area contributed by atoms with Crippen LogP contribution in [0.2, 0.25) is 0 Å². The lowest BCUT2D eigenvalue weighted by Gasteiger charge is -2.27. The highest BCUT2D eigenvalue weighted by Crippen LogP contribution is 2.30. The molecule has 0 bridgehead atoms. The molecule has 0 unspecified atom stereocenters. The van der Waals surface area contributed by atoms with Crippen LogP contribution < -0.4 is 5.32 Å². The molecule has 1 N–H and O–H groups in total. The second-order valence-corrected chi connectivity index (χ2v) is 11.8. The first-order valence-corrected chi connectivity index (χ1v) is 14.6. The van der Waals surface area contributed by atoms with Gasteiger partial charge in [-0.3, -0.25) is 4.79 Å². The SMILES string of the molecule is CCc1ccc(-c2ccc(C(=O)N(C)[C@H]3CCN(C(=O)N4CC[C@@H](NCC5CCOCC5)C4)C3)s2)cc1. The van der Waals surface area contributed by atoms with Crippen LogP contribution in [-0.4, -0.2) is 91.7 Å². The lowest BCUT2D eigenvalue weighted by Crippen LogP contribution is -2.45. The zero-order valence-corrected chi connectivity index (χ0v) is 23.0. The van der Waals surface area contributed by atoms with Crippen molar-refractivity contribution in [3.63, 3.8) is 0 Å². The molecule has 200 valence electrons. The lowest BCUT2D eigenvalue weighted by atomic mass is 10.00. The third kappa shape index (κ3) is 6.19. The van der Waals surface area contributed by atoms with Gasteiger partial charge in [-0.1, -0.05) is 31.2 Å². The van der Waals surface area contributed by atoms with Crippen LogP contribution in [0.4, 0.5) is 4.79 Å². The van der Waals surface area contributed by atoms with Gasteiger partial charge in [0, 0.05) is 57.4 Å². The van der Waals surface area contributed by atoms with Gasteiger partial charge < -0.3 is 24.8 Å². The van der Waals surface area contributed by atoms with Crippen LogP contribution in [0.1, 0.15) is 47.8 Å². The summed E-state index contributed by atoms with van der Waals surface area (Å²) in [5.41, 5.74) is 2.46. The molecule has 8 heteroatoms. The van der Waals surface area contributed by atoms with Gasteiger partial charge in [0.05, 0.1) is 10.9 Å². The first kappa shape index (κ1) is 26.2. The van der Waals surface area contributed by atoms with E-state index < -0.39 is 0 Å². The minimum absolute atomic E-state index is 0.0410. The Hall–Kier alpha value is -2.42. The number of amides is 3. The molecule has 0 aliphatic carbocycles. The van der Waals surface area contributed by atoms with Gasteiger partial charge in [-0.25, -0.2) is 4.79 Å². The summed E-state index contributed by atoms with van der Waals surface area (Å²) >= 11 is 1.54. The van der Waals surface area contributed by atoms with E-state index in [2.05, 4.69) is 36.5 Å². The molecule has 0 radical (unpaired) electrons. The van der Waals surface area contributed by atoms with Gasteiger partial charge in [-0.2, -0.15) is 0 Å². The molecule has 0 saturated carbocycles. The summed E-state index contributed by atoms with van der Waals surface area (Å²) in [5.74, 6) is 0.728. The van der Waals surface area contributed by atoms with E-state index >= 15 is 0 Å². The summed E-state index contributed by atoms with van der Waals surface area (Å²) in [6, 6.07) is 13.1. The zero-order chi connectivity index (χ0) is 25.8. The Kier molecular flexibility index (Phi) is 8.47. The largest absolute Gasteiger partial charge is 0.381 e. The molecule has 1 aromatic carbocycles. The van der Waals surface area contributed by atoms with Crippen molar-refractivity contribution in [2.75, 3.05) is 53.0 Å². The molecular formula is C29H40N4O3S. The Morgan fingerprint density at radius 1 is 1.00 bits per heavy atom. The van der Waals surface area contributed by atoms with Crippen molar-refractivity contribution in [2.24, 2.45) is 5.92 Å². The van der Waals surface area contributed by atoms with E-state index in [0.29, 0.717) is 25.0 Å². The first-order valence-electron chi connectivity index (χ1n) is 13.8. The van der Waals surface area contributed by atoms with Gasteiger partial charge in [0.15, 0.2) is 0 Å². The molecule has 2 aromatic rings. The molecule has 3 amide bonds. The van der Waals surface area contributed by atoms with Gasteiger partial charge in [0.1, 0.15) is 0 Å². The Bertz CT molecular complexity index is 1070. The highest BCUT2D eigenvalue weighted by Gasteiger charge is 2.36. The van der Waals surface area contributed by atoms with Crippen molar-refractivity contribution < 1.29 is 14.3 Å². The number of urea groups is 1. The van der Waals surface area contributed by atoms with Crippen LogP contribution in [0.5, 0.6) is 0 Å². The molecule has 1 aromatic heterocycles. The van der Waals surface area contributed by atoms with Crippen LogP contribution in [0.25, 0.3) is 10.4 Å². The van der Waals surface area contributed by atoms with E-state index in [1.54, 1.807) is 11.3 Å². The van der Waals surface area contributed by atoms with Crippen LogP contribution in [0.15, 0.2) is 36.4 Å². The van der Waals surface area contributed by atoms with E-state index in [1.165, 1.54) is 5.56 Å². The number of nitrogens with one attached hydrogen (secondary N) is 1. The molecular weight excluding hydrogens is 484 g/mol. The Labute approximate surface area is 224 Å². The fourth-order valence-electron chi connectivity index (χ4n) is 5.67. The molecule has 4 heterocycles. The number of hydrogen-bond acceptors (Lipinski definition) is 5. The quantitative estimate of drug-likeness (QED) is 0.586. The average Bonchev–Trinajstić information content (AvgIpc) is 3.72. The molecule has 2 atom stereocenters. The third-order valence-corrected chi connectivity index (χ3v) is 9.38. The summed E-state index contributed by atoms with van der Waals surface area (Å²) in [7, 11) is 1.88. The van der Waals surface area contributed by atoms with Crippen LogP contribution in [0.3, 0.4) is 0 Å². The van der Waals surface area contributed by atoms with Crippen molar-refractivity contribution >= 4 is 23.3 Å². The van der Waals surface area contributed by atoms with Gasteiger partial charge in [-0.05, 0) is 67.8 Å². The number of benzene rings is 1. The molecule has 7 nitrogen and oxygen atoms in total. The Morgan fingerprint density at radius 2 is 1.73 bits per heavy atom. The van der Waals surface area contributed by atoms with E-state index in [9.17, 15) is 9.59 Å². The molecule has 5 rings (SSSR count). The summed E-state index contributed by atoms with van der Waals surface area (Å²) in [6.45, 7) is 7.80. The number of hydrogen-bond donors (Lipinski definition) is 1. The van der Waals surface area contributed by atoms with E-state index in [0.717, 1.165) is 80.3 Å². The highest BCUT2D eigenvalue weighted by molar-refractivity contribution is 7.17. The van der Waals surface area contributed by atoms with Crippen molar-refractivity contribution in [1.82, 2.24) is 20.0 Å². The maximum absolute atomic E-state index is 13.3. The number of likely N-dealkylation sites (tertiary alicyclic amines) is 2. The molecule has 3 aliphatic heterocycles. The minimum Gasteiger partial charge on any atom is -0.381 e. The van der Waals surface area contributed by atoms with Crippen LogP contribution in [0, 0.1) is 5.92 Å². The number of rotatable bonds is 7. The van der Waals surface area contributed by atoms with Crippen LogP contribution in [-0.2, 0) is 11.2 Å². The number of likely N-dealkylation sites (N-methyl/N-ethyl adjacent to an activating group) is 1. The maximum atomic E-state index is 13.3. The predicted octanol–water partition coefficient (Wildman–Crippen LogP) is 4.33. The number of carbonyl (C=O) groups is 2. The highest BCUT2D eigenvalue weighted by atomic mass is 32.1. The topological polar surface area (TPSA) is 65.1 Å². The van der Waals surface area contributed by atoms with Crippen molar-refractivity contribution in [3.05, 3.63) is 46.8 Å². The fourth-order valence-corrected chi connectivity index (χ4v) is 6.66. The summed E-state index contributed by atoms with van der Waals surface area (Å²) in [5, 5.41) is 3.69. The van der Waals surface area contributed by atoms with E-state index in [4.69, 9.17) is 4.74 Å². The molecule has 3 aliphatic rings. The number of thiophene rings is 1. The van der Waals surface area contributed by atoms with E-state index in [1.807, 2.05) is 33.9 Å². The average molecular weight is 525 g/mol. The summed E-state index contributed by atoms with van der Waals surface area (Å²) in [4.78, 5) is 34.1. The second-order valence-electron chi connectivity index (χ2n) is 10.7. The minimum atomic E-state index is 0.0410. The Balaban J connectivity index is 1.10. The van der Waals surface area contributed by atoms with Gasteiger partial charge in [-0.15, -0.1) is 11.3 Å². The van der Waals surface area contributed by atoms with E-state index in [-0.39, 0.29) is 18.0 Å². The monoisotopic (exact) mass is 524 g/mol. The van der Waals surface area contributed by atoms with Crippen molar-refractivity contribution in [2.45, 2.75) is 51.1 Å². The summed E-state index contributed by atoms with van der Waals surface area (Å²) in [6.07, 6.45) is 5.10. The zero-order valence-electron chi connectivity index (χ0n) is 22.2. The number of aryl methyl sites for hydroxylation is 1. The number of nitrogens with zero attached hydrogens (tertiary/aromatic N) is 3. The smallest absolute Gasteiger partial charge is 0.320 e. The fraction of sp³-hybridized carbons (Fsp3) is 0.586. The van der Waals surface area contributed by atoms with Gasteiger partial charge >= 0.3 is 6.03 Å².